The molecule has 5 nitrogen and oxygen atoms in total. The Morgan fingerprint density at radius 2 is 1.52 bits per heavy atom. The van der Waals surface area contributed by atoms with Crippen molar-refractivity contribution in [2.45, 2.75) is 44.6 Å². The molecule has 2 unspecified atom stereocenters. The van der Waals surface area contributed by atoms with E-state index >= 15 is 0 Å². The molecule has 1 aliphatic rings. The van der Waals surface area contributed by atoms with Crippen LogP contribution in [0.1, 0.15) is 47.2 Å². The molecule has 3 rings (SSSR count). The molecular formula is C26H38Cl2N2O3. The van der Waals surface area contributed by atoms with E-state index in [1.165, 1.54) is 44.2 Å². The number of hydrogen-bond donors (Lipinski definition) is 1. The summed E-state index contributed by atoms with van der Waals surface area (Å²) < 4.78 is 11.2. The van der Waals surface area contributed by atoms with Gasteiger partial charge >= 0.3 is 5.97 Å². The van der Waals surface area contributed by atoms with E-state index < -0.39 is 0 Å². The second kappa shape index (κ2) is 14.5. The van der Waals surface area contributed by atoms with E-state index in [1.54, 1.807) is 7.11 Å². The minimum absolute atomic E-state index is 0. The van der Waals surface area contributed by atoms with E-state index in [0.29, 0.717) is 11.6 Å². The first-order valence-electron chi connectivity index (χ1n) is 11.4. The summed E-state index contributed by atoms with van der Waals surface area (Å²) in [5.41, 5.74) is 9.64. The summed E-state index contributed by atoms with van der Waals surface area (Å²) >= 11 is 0. The Labute approximate surface area is 211 Å². The maximum absolute atomic E-state index is 11.6. The standard InChI is InChI=1S/C26H37N2O3.2ClH/c1-30-25-15-11-22(12-16-25)7-4-18-28(19-5-8-24(27)20-28)17-3-6-21-9-13-23(14-10-21)26(29)31-2;;/h9-16,24H,3-8,17-20,27H2,1-2H3;2*1H/q+1;;/p-1. The third-order valence-corrected chi connectivity index (χ3v) is 6.56. The third-order valence-electron chi connectivity index (χ3n) is 6.56. The molecule has 0 aliphatic carbocycles. The van der Waals surface area contributed by atoms with Crippen LogP contribution < -0.4 is 22.9 Å². The molecule has 2 aromatic rings. The van der Waals surface area contributed by atoms with E-state index in [2.05, 4.69) is 12.1 Å². The van der Waals surface area contributed by atoms with Gasteiger partial charge in [-0.3, -0.25) is 0 Å². The largest absolute Gasteiger partial charge is 1.00 e. The second-order valence-corrected chi connectivity index (χ2v) is 8.84. The van der Waals surface area contributed by atoms with Crippen LogP contribution in [-0.4, -0.2) is 56.9 Å². The van der Waals surface area contributed by atoms with Crippen molar-refractivity contribution in [1.29, 1.82) is 0 Å². The van der Waals surface area contributed by atoms with Crippen molar-refractivity contribution in [3.8, 4) is 5.75 Å². The Bertz CT molecular complexity index is 830. The molecule has 1 saturated heterocycles. The lowest BCUT2D eigenvalue weighted by molar-refractivity contribution is -0.933. The van der Waals surface area contributed by atoms with Crippen molar-refractivity contribution in [2.75, 3.05) is 40.4 Å². The van der Waals surface area contributed by atoms with E-state index in [-0.39, 0.29) is 30.8 Å². The topological polar surface area (TPSA) is 61.5 Å². The highest BCUT2D eigenvalue weighted by Gasteiger charge is 2.32. The summed E-state index contributed by atoms with van der Waals surface area (Å²) in [5, 5.41) is 0. The second-order valence-electron chi connectivity index (χ2n) is 8.84. The number of carbonyl (C=O) groups is 1. The van der Waals surface area contributed by atoms with E-state index in [4.69, 9.17) is 15.2 Å². The van der Waals surface area contributed by atoms with Crippen molar-refractivity contribution in [3.63, 3.8) is 0 Å². The van der Waals surface area contributed by atoms with E-state index in [9.17, 15) is 4.79 Å². The molecule has 0 aromatic heterocycles. The van der Waals surface area contributed by atoms with Gasteiger partial charge in [-0.05, 0) is 61.1 Å². The molecule has 0 radical (unpaired) electrons. The van der Waals surface area contributed by atoms with Gasteiger partial charge in [-0.25, -0.2) is 4.79 Å². The zero-order valence-electron chi connectivity index (χ0n) is 19.8. The quantitative estimate of drug-likeness (QED) is 0.399. The number of esters is 1. The van der Waals surface area contributed by atoms with Crippen LogP contribution >= 0.6 is 12.4 Å². The van der Waals surface area contributed by atoms with Gasteiger partial charge < -0.3 is 32.1 Å². The molecule has 2 atom stereocenters. The molecule has 0 bridgehead atoms. The van der Waals surface area contributed by atoms with Crippen LogP contribution in [0.15, 0.2) is 48.5 Å². The normalized spacial score (nSPS) is 19.7. The van der Waals surface area contributed by atoms with Crippen LogP contribution in [0.4, 0.5) is 0 Å². The number of hydrogen-bond acceptors (Lipinski definition) is 4. The fraction of sp³-hybridized carbons (Fsp3) is 0.500. The summed E-state index contributed by atoms with van der Waals surface area (Å²) in [6.45, 7) is 4.66. The van der Waals surface area contributed by atoms with Gasteiger partial charge in [-0.2, -0.15) is 0 Å². The lowest BCUT2D eigenvalue weighted by atomic mass is 9.99. The average molecular weight is 498 g/mol. The lowest BCUT2D eigenvalue weighted by Gasteiger charge is -2.44. The average Bonchev–Trinajstić information content (AvgIpc) is 2.79. The molecule has 33 heavy (non-hydrogen) atoms. The Morgan fingerprint density at radius 3 is 2.00 bits per heavy atom. The molecule has 1 heterocycles. The monoisotopic (exact) mass is 496 g/mol. The number of aryl methyl sites for hydroxylation is 2. The minimum Gasteiger partial charge on any atom is -1.00 e. The van der Waals surface area contributed by atoms with Gasteiger partial charge in [0.1, 0.15) is 5.75 Å². The maximum Gasteiger partial charge on any atom is 0.337 e. The van der Waals surface area contributed by atoms with Gasteiger partial charge in [0.25, 0.3) is 0 Å². The van der Waals surface area contributed by atoms with Crippen molar-refractivity contribution >= 4 is 18.4 Å². The first kappa shape index (κ1) is 29.2. The van der Waals surface area contributed by atoms with Crippen molar-refractivity contribution < 1.29 is 31.2 Å². The first-order chi connectivity index (χ1) is 15.0. The Morgan fingerprint density at radius 1 is 0.970 bits per heavy atom. The SMILES string of the molecule is COC(=O)c1ccc(CCC[N+]2(CCCc3ccc(OC)cc3)CCCC(N)C2)cc1.Cl.[Cl-]. The predicted octanol–water partition coefficient (Wildman–Crippen LogP) is 1.41. The highest BCUT2D eigenvalue weighted by Crippen LogP contribution is 2.22. The molecule has 2 N–H and O–H groups in total. The first-order valence-corrected chi connectivity index (χ1v) is 11.4. The number of nitrogens with two attached hydrogens (primary N) is 1. The highest BCUT2D eigenvalue weighted by atomic mass is 35.5. The Kier molecular flexibility index (Phi) is 12.8. The smallest absolute Gasteiger partial charge is 0.337 e. The van der Waals surface area contributed by atoms with Crippen LogP contribution in [0.2, 0.25) is 0 Å². The van der Waals surface area contributed by atoms with Crippen molar-refractivity contribution in [1.82, 2.24) is 0 Å². The molecule has 0 amide bonds. The number of rotatable bonds is 10. The van der Waals surface area contributed by atoms with Gasteiger partial charge in [0.15, 0.2) is 0 Å². The number of likely N-dealkylation sites (tertiary alicyclic amines) is 1. The van der Waals surface area contributed by atoms with Gasteiger partial charge in [-0.15, -0.1) is 12.4 Å². The molecule has 2 aromatic carbocycles. The summed E-state index contributed by atoms with van der Waals surface area (Å²) in [5.74, 6) is 0.629. The number of methoxy groups -OCH3 is 2. The number of benzene rings is 2. The summed E-state index contributed by atoms with van der Waals surface area (Å²) in [4.78, 5) is 11.6. The van der Waals surface area contributed by atoms with Gasteiger partial charge in [-0.1, -0.05) is 24.3 Å². The number of carbonyl (C=O) groups excluding carboxylic acids is 1. The van der Waals surface area contributed by atoms with Crippen LogP contribution in [0.3, 0.4) is 0 Å². The summed E-state index contributed by atoms with van der Waals surface area (Å²) in [6, 6.07) is 16.5. The predicted molar refractivity (Wildman–Crippen MR) is 132 cm³/mol. The van der Waals surface area contributed by atoms with Crippen LogP contribution in [0.5, 0.6) is 5.75 Å². The van der Waals surface area contributed by atoms with Crippen molar-refractivity contribution in [2.24, 2.45) is 5.73 Å². The fourth-order valence-corrected chi connectivity index (χ4v) is 4.84. The number of ether oxygens (including phenoxy) is 2. The summed E-state index contributed by atoms with van der Waals surface area (Å²) in [7, 11) is 3.12. The molecule has 184 valence electrons. The molecule has 7 heteroatoms. The van der Waals surface area contributed by atoms with Gasteiger partial charge in [0, 0.05) is 12.8 Å². The number of piperidine rings is 1. The maximum atomic E-state index is 11.6. The highest BCUT2D eigenvalue weighted by molar-refractivity contribution is 5.89. The zero-order valence-corrected chi connectivity index (χ0v) is 21.4. The number of quaternary nitrogens is 1. The van der Waals surface area contributed by atoms with E-state index in [0.717, 1.165) is 49.0 Å². The van der Waals surface area contributed by atoms with Crippen molar-refractivity contribution in [3.05, 3.63) is 65.2 Å². The van der Waals surface area contributed by atoms with Crippen LogP contribution in [0.25, 0.3) is 0 Å². The fourth-order valence-electron chi connectivity index (χ4n) is 4.84. The van der Waals surface area contributed by atoms with Gasteiger partial charge in [0.2, 0.25) is 0 Å². The summed E-state index contributed by atoms with van der Waals surface area (Å²) in [6.07, 6.45) is 6.79. The Balaban J connectivity index is 0.00000272. The molecule has 0 spiro atoms. The lowest BCUT2D eigenvalue weighted by Crippen LogP contribution is -3.00. The van der Waals surface area contributed by atoms with E-state index in [1.807, 2.05) is 36.4 Å². The number of nitrogens with zero attached hydrogens (tertiary/aromatic N) is 1. The molecular weight excluding hydrogens is 459 g/mol. The molecule has 1 fully saturated rings. The van der Waals surface area contributed by atoms with Crippen LogP contribution in [0, 0.1) is 0 Å². The van der Waals surface area contributed by atoms with Gasteiger partial charge in [0.05, 0.1) is 52.0 Å². The molecule has 0 saturated carbocycles. The number of halogens is 2. The Hall–Kier alpha value is -1.79. The minimum atomic E-state index is -0.282. The zero-order chi connectivity index (χ0) is 22.1. The molecule has 1 aliphatic heterocycles. The third kappa shape index (κ3) is 8.82. The van der Waals surface area contributed by atoms with Crippen LogP contribution in [-0.2, 0) is 17.6 Å².